The molecule has 6 heteroatoms. The van der Waals surface area contributed by atoms with Crippen molar-refractivity contribution in [3.05, 3.63) is 48.4 Å². The number of fused-ring (bicyclic) bond motifs is 1. The van der Waals surface area contributed by atoms with Gasteiger partial charge in [-0.1, -0.05) is 0 Å². The van der Waals surface area contributed by atoms with Gasteiger partial charge < -0.3 is 14.6 Å². The summed E-state index contributed by atoms with van der Waals surface area (Å²) >= 11 is 0. The third-order valence-corrected chi connectivity index (χ3v) is 3.23. The molecule has 0 amide bonds. The van der Waals surface area contributed by atoms with Crippen LogP contribution in [0.4, 0.5) is 11.5 Å². The Morgan fingerprint density at radius 3 is 2.67 bits per heavy atom. The summed E-state index contributed by atoms with van der Waals surface area (Å²) in [6.45, 7) is 0. The number of hydrogen-bond acceptors (Lipinski definition) is 5. The molecule has 106 valence electrons. The van der Waals surface area contributed by atoms with Crippen LogP contribution in [0.15, 0.2) is 42.9 Å². The molecule has 0 atom stereocenters. The van der Waals surface area contributed by atoms with Crippen molar-refractivity contribution < 1.29 is 9.53 Å². The van der Waals surface area contributed by atoms with E-state index >= 15 is 0 Å². The van der Waals surface area contributed by atoms with Gasteiger partial charge in [0.05, 0.1) is 18.1 Å². The van der Waals surface area contributed by atoms with Crippen LogP contribution in [0.25, 0.3) is 11.0 Å². The lowest BCUT2D eigenvalue weighted by Gasteiger charge is -2.07. The maximum Gasteiger partial charge on any atom is 0.337 e. The predicted molar refractivity (Wildman–Crippen MR) is 79.6 cm³/mol. The third kappa shape index (κ3) is 2.43. The molecule has 0 aliphatic heterocycles. The van der Waals surface area contributed by atoms with E-state index in [0.717, 1.165) is 22.5 Å². The number of methoxy groups -OCH3 is 1. The number of benzene rings is 1. The van der Waals surface area contributed by atoms with Gasteiger partial charge in [-0.05, 0) is 30.3 Å². The fourth-order valence-corrected chi connectivity index (χ4v) is 2.12. The molecule has 0 bridgehead atoms. The molecule has 0 saturated carbocycles. The van der Waals surface area contributed by atoms with Crippen LogP contribution in [-0.4, -0.2) is 27.6 Å². The minimum atomic E-state index is -0.353. The van der Waals surface area contributed by atoms with E-state index in [1.165, 1.54) is 13.4 Å². The molecule has 0 spiro atoms. The Kier molecular flexibility index (Phi) is 3.27. The molecule has 6 nitrogen and oxygen atoms in total. The first kappa shape index (κ1) is 13.1. The molecule has 21 heavy (non-hydrogen) atoms. The monoisotopic (exact) mass is 282 g/mol. The van der Waals surface area contributed by atoms with E-state index in [2.05, 4.69) is 20.0 Å². The number of aromatic nitrogens is 3. The molecular formula is C15H14N4O2. The van der Waals surface area contributed by atoms with Gasteiger partial charge in [-0.25, -0.2) is 14.8 Å². The Balaban J connectivity index is 1.90. The maximum atomic E-state index is 11.4. The van der Waals surface area contributed by atoms with Crippen molar-refractivity contribution in [1.29, 1.82) is 0 Å². The van der Waals surface area contributed by atoms with Crippen LogP contribution in [-0.2, 0) is 11.8 Å². The van der Waals surface area contributed by atoms with E-state index in [-0.39, 0.29) is 5.97 Å². The fourth-order valence-electron chi connectivity index (χ4n) is 2.12. The van der Waals surface area contributed by atoms with Crippen molar-refractivity contribution >= 4 is 28.5 Å². The molecule has 1 aromatic carbocycles. The molecule has 0 aliphatic carbocycles. The smallest absolute Gasteiger partial charge is 0.337 e. The molecule has 3 rings (SSSR count). The topological polar surface area (TPSA) is 69.0 Å². The number of aryl methyl sites for hydroxylation is 1. The molecular weight excluding hydrogens is 268 g/mol. The summed E-state index contributed by atoms with van der Waals surface area (Å²) in [6, 6.07) is 8.99. The normalized spacial score (nSPS) is 10.6. The first-order valence-corrected chi connectivity index (χ1v) is 6.40. The Labute approximate surface area is 121 Å². The van der Waals surface area contributed by atoms with Crippen molar-refractivity contribution in [2.75, 3.05) is 12.4 Å². The van der Waals surface area contributed by atoms with Crippen LogP contribution in [0.3, 0.4) is 0 Å². The van der Waals surface area contributed by atoms with Gasteiger partial charge in [0.15, 0.2) is 0 Å². The third-order valence-electron chi connectivity index (χ3n) is 3.23. The molecule has 0 fully saturated rings. The van der Waals surface area contributed by atoms with Crippen LogP contribution < -0.4 is 5.32 Å². The Hall–Kier alpha value is -2.89. The quantitative estimate of drug-likeness (QED) is 0.747. The van der Waals surface area contributed by atoms with Crippen LogP contribution in [0.5, 0.6) is 0 Å². The van der Waals surface area contributed by atoms with Gasteiger partial charge in [0, 0.05) is 18.9 Å². The zero-order chi connectivity index (χ0) is 14.8. The highest BCUT2D eigenvalue weighted by Crippen LogP contribution is 2.23. The van der Waals surface area contributed by atoms with Crippen LogP contribution in [0.2, 0.25) is 0 Å². The van der Waals surface area contributed by atoms with Gasteiger partial charge in [-0.15, -0.1) is 0 Å². The highest BCUT2D eigenvalue weighted by molar-refractivity contribution is 5.91. The predicted octanol–water partition coefficient (Wildman–Crippen LogP) is 2.50. The number of carbonyl (C=O) groups is 1. The van der Waals surface area contributed by atoms with Gasteiger partial charge in [-0.2, -0.15) is 0 Å². The van der Waals surface area contributed by atoms with E-state index in [4.69, 9.17) is 0 Å². The summed E-state index contributed by atoms with van der Waals surface area (Å²) < 4.78 is 6.61. The second kappa shape index (κ2) is 5.24. The Morgan fingerprint density at radius 2 is 1.95 bits per heavy atom. The standard InChI is InChI=1S/C15H14N4O2/c1-19-8-7-12-13(16-9-17-14(12)19)18-11-5-3-10(4-6-11)15(20)21-2/h3-9H,1-2H3,(H,16,17,18). The van der Waals surface area contributed by atoms with Crippen LogP contribution in [0.1, 0.15) is 10.4 Å². The number of carbonyl (C=O) groups excluding carboxylic acids is 1. The summed E-state index contributed by atoms with van der Waals surface area (Å²) in [5.74, 6) is 0.375. The lowest BCUT2D eigenvalue weighted by molar-refractivity contribution is 0.0601. The summed E-state index contributed by atoms with van der Waals surface area (Å²) in [5.41, 5.74) is 2.21. The molecule has 0 saturated heterocycles. The Morgan fingerprint density at radius 1 is 1.19 bits per heavy atom. The molecule has 2 heterocycles. The Bertz CT molecular complexity index is 793. The number of nitrogens with zero attached hydrogens (tertiary/aromatic N) is 3. The molecule has 1 N–H and O–H groups in total. The van der Waals surface area contributed by atoms with Crippen molar-refractivity contribution in [2.45, 2.75) is 0 Å². The minimum Gasteiger partial charge on any atom is -0.465 e. The summed E-state index contributed by atoms with van der Waals surface area (Å²) in [7, 11) is 3.30. The first-order chi connectivity index (χ1) is 10.2. The zero-order valence-corrected chi connectivity index (χ0v) is 11.7. The van der Waals surface area contributed by atoms with Crippen molar-refractivity contribution in [1.82, 2.24) is 14.5 Å². The zero-order valence-electron chi connectivity index (χ0n) is 11.7. The highest BCUT2D eigenvalue weighted by Gasteiger charge is 2.08. The number of nitrogens with one attached hydrogen (secondary N) is 1. The average molecular weight is 282 g/mol. The van der Waals surface area contributed by atoms with Gasteiger partial charge in [-0.3, -0.25) is 0 Å². The van der Waals surface area contributed by atoms with E-state index in [0.29, 0.717) is 5.56 Å². The number of ether oxygens (including phenoxy) is 1. The summed E-state index contributed by atoms with van der Waals surface area (Å²) in [5, 5.41) is 4.17. The van der Waals surface area contributed by atoms with Gasteiger partial charge in [0.2, 0.25) is 0 Å². The summed E-state index contributed by atoms with van der Waals surface area (Å²) in [4.78, 5) is 19.9. The maximum absolute atomic E-state index is 11.4. The van der Waals surface area contributed by atoms with Crippen molar-refractivity contribution in [2.24, 2.45) is 7.05 Å². The molecule has 0 radical (unpaired) electrons. The fraction of sp³-hybridized carbons (Fsp3) is 0.133. The SMILES string of the molecule is COC(=O)c1ccc(Nc2ncnc3c2ccn3C)cc1. The molecule has 0 aliphatic rings. The van der Waals surface area contributed by atoms with Gasteiger partial charge in [0.25, 0.3) is 0 Å². The number of hydrogen-bond donors (Lipinski definition) is 1. The lowest BCUT2D eigenvalue weighted by atomic mass is 10.2. The minimum absolute atomic E-state index is 0.353. The molecule has 3 aromatic rings. The van der Waals surface area contributed by atoms with Gasteiger partial charge >= 0.3 is 5.97 Å². The average Bonchev–Trinajstić information content (AvgIpc) is 2.90. The van der Waals surface area contributed by atoms with Crippen LogP contribution in [0, 0.1) is 0 Å². The largest absolute Gasteiger partial charge is 0.465 e. The first-order valence-electron chi connectivity index (χ1n) is 6.40. The number of anilines is 2. The lowest BCUT2D eigenvalue weighted by Crippen LogP contribution is -2.01. The highest BCUT2D eigenvalue weighted by atomic mass is 16.5. The van der Waals surface area contributed by atoms with Gasteiger partial charge in [0.1, 0.15) is 17.8 Å². The molecule has 2 aromatic heterocycles. The van der Waals surface area contributed by atoms with Crippen molar-refractivity contribution in [3.8, 4) is 0 Å². The van der Waals surface area contributed by atoms with Crippen molar-refractivity contribution in [3.63, 3.8) is 0 Å². The van der Waals surface area contributed by atoms with E-state index in [1.54, 1.807) is 12.1 Å². The second-order valence-corrected chi connectivity index (χ2v) is 4.58. The van der Waals surface area contributed by atoms with E-state index in [9.17, 15) is 4.79 Å². The summed E-state index contributed by atoms with van der Waals surface area (Å²) in [6.07, 6.45) is 3.46. The van der Waals surface area contributed by atoms with Crippen LogP contribution >= 0.6 is 0 Å². The number of esters is 1. The second-order valence-electron chi connectivity index (χ2n) is 4.58. The van der Waals surface area contributed by atoms with E-state index in [1.807, 2.05) is 36.0 Å². The number of rotatable bonds is 3. The molecule has 0 unspecified atom stereocenters. The van der Waals surface area contributed by atoms with E-state index < -0.39 is 0 Å².